The highest BCUT2D eigenvalue weighted by molar-refractivity contribution is 5.90. The molecule has 3 N–H and O–H groups in total. The average Bonchev–Trinajstić information content (AvgIpc) is 2.94. The maximum absolute atomic E-state index is 13.6. The molecule has 0 fully saturated rings. The van der Waals surface area contributed by atoms with Crippen molar-refractivity contribution in [3.63, 3.8) is 0 Å². The number of anilines is 1. The van der Waals surface area contributed by atoms with Gasteiger partial charge in [0.05, 0.1) is 11.2 Å². The molecule has 0 aliphatic heterocycles. The third-order valence-corrected chi connectivity index (χ3v) is 4.06. The minimum absolute atomic E-state index is 0.173. The number of halogens is 3. The van der Waals surface area contributed by atoms with Crippen LogP contribution < -0.4 is 11.1 Å². The van der Waals surface area contributed by atoms with Crippen LogP contribution in [0.3, 0.4) is 0 Å². The van der Waals surface area contributed by atoms with Gasteiger partial charge in [0.2, 0.25) is 0 Å². The SMILES string of the molecule is CC(C)(C)OC(=O)NC(c1ccc2c(N)n(-c3ccccc3)nc2c1)C(F)(F)F. The molecule has 3 rings (SSSR count). The number of hydrogen-bond donors (Lipinski definition) is 2. The zero-order valence-corrected chi connectivity index (χ0v) is 16.1. The fraction of sp³-hybridized carbons (Fsp3) is 0.300. The zero-order chi connectivity index (χ0) is 21.4. The zero-order valence-electron chi connectivity index (χ0n) is 16.1. The van der Waals surface area contributed by atoms with Crippen LogP contribution in [0, 0.1) is 0 Å². The highest BCUT2D eigenvalue weighted by atomic mass is 19.4. The molecule has 154 valence electrons. The molecule has 0 spiro atoms. The van der Waals surface area contributed by atoms with Crippen molar-refractivity contribution in [3.05, 3.63) is 54.1 Å². The van der Waals surface area contributed by atoms with Crippen molar-refractivity contribution in [2.75, 3.05) is 5.73 Å². The van der Waals surface area contributed by atoms with Gasteiger partial charge in [-0.3, -0.25) is 0 Å². The Kier molecular flexibility index (Phi) is 5.16. The average molecular weight is 406 g/mol. The van der Waals surface area contributed by atoms with Gasteiger partial charge in [0.15, 0.2) is 6.04 Å². The molecule has 1 unspecified atom stereocenters. The van der Waals surface area contributed by atoms with E-state index in [9.17, 15) is 18.0 Å². The lowest BCUT2D eigenvalue weighted by atomic mass is 10.0. The van der Waals surface area contributed by atoms with E-state index >= 15 is 0 Å². The van der Waals surface area contributed by atoms with Crippen molar-refractivity contribution in [3.8, 4) is 5.69 Å². The molecule has 9 heteroatoms. The Labute approximate surface area is 165 Å². The second-order valence-electron chi connectivity index (χ2n) is 7.53. The van der Waals surface area contributed by atoms with Crippen LogP contribution in [0.4, 0.5) is 23.8 Å². The van der Waals surface area contributed by atoms with Crippen LogP contribution in [0.5, 0.6) is 0 Å². The van der Waals surface area contributed by atoms with Crippen molar-refractivity contribution in [1.82, 2.24) is 15.1 Å². The monoisotopic (exact) mass is 406 g/mol. The van der Waals surface area contributed by atoms with E-state index in [0.717, 1.165) is 0 Å². The molecule has 2 aromatic carbocycles. The molecule has 0 radical (unpaired) electrons. The predicted molar refractivity (Wildman–Crippen MR) is 104 cm³/mol. The molecule has 1 heterocycles. The van der Waals surface area contributed by atoms with Gasteiger partial charge in [0.1, 0.15) is 11.4 Å². The van der Waals surface area contributed by atoms with Crippen LogP contribution in [-0.4, -0.2) is 27.7 Å². The van der Waals surface area contributed by atoms with Gasteiger partial charge in [-0.2, -0.15) is 18.3 Å². The topological polar surface area (TPSA) is 82.2 Å². The summed E-state index contributed by atoms with van der Waals surface area (Å²) in [6.07, 6.45) is -5.88. The van der Waals surface area contributed by atoms with E-state index in [-0.39, 0.29) is 11.1 Å². The molecule has 0 saturated carbocycles. The largest absolute Gasteiger partial charge is 0.444 e. The number of ether oxygens (including phenoxy) is 1. The molecule has 6 nitrogen and oxygen atoms in total. The Morgan fingerprint density at radius 1 is 1.14 bits per heavy atom. The summed E-state index contributed by atoms with van der Waals surface area (Å²) in [5.41, 5.74) is 5.99. The van der Waals surface area contributed by atoms with Crippen molar-refractivity contribution in [2.45, 2.75) is 38.6 Å². The molecule has 1 aromatic heterocycles. The number of alkyl carbamates (subject to hydrolysis) is 1. The number of aromatic nitrogens is 2. The van der Waals surface area contributed by atoms with Crippen molar-refractivity contribution in [1.29, 1.82) is 0 Å². The Balaban J connectivity index is 1.99. The summed E-state index contributed by atoms with van der Waals surface area (Å²) in [5, 5.41) is 6.73. The second kappa shape index (κ2) is 7.31. The fourth-order valence-corrected chi connectivity index (χ4v) is 2.85. The van der Waals surface area contributed by atoms with Crippen LogP contribution in [0.2, 0.25) is 0 Å². The lowest BCUT2D eigenvalue weighted by molar-refractivity contribution is -0.156. The van der Waals surface area contributed by atoms with Crippen LogP contribution in [0.15, 0.2) is 48.5 Å². The quantitative estimate of drug-likeness (QED) is 0.659. The maximum Gasteiger partial charge on any atom is 0.412 e. The number of fused-ring (bicyclic) bond motifs is 1. The fourth-order valence-electron chi connectivity index (χ4n) is 2.85. The number of nitrogen functional groups attached to an aromatic ring is 1. The van der Waals surface area contributed by atoms with Crippen molar-refractivity contribution >= 4 is 22.8 Å². The van der Waals surface area contributed by atoms with Crippen molar-refractivity contribution in [2.24, 2.45) is 0 Å². The van der Waals surface area contributed by atoms with Gasteiger partial charge in [-0.1, -0.05) is 24.3 Å². The number of hydrogen-bond acceptors (Lipinski definition) is 4. The van der Waals surface area contributed by atoms with E-state index in [1.807, 2.05) is 11.4 Å². The smallest absolute Gasteiger partial charge is 0.412 e. The Morgan fingerprint density at radius 2 is 1.79 bits per heavy atom. The molecule has 0 bridgehead atoms. The highest BCUT2D eigenvalue weighted by Gasteiger charge is 2.43. The first kappa shape index (κ1) is 20.5. The van der Waals surface area contributed by atoms with E-state index in [1.54, 1.807) is 45.0 Å². The number of amides is 1. The number of nitrogens with zero attached hydrogens (tertiary/aromatic N) is 2. The molecular formula is C20H21F3N4O2. The summed E-state index contributed by atoms with van der Waals surface area (Å²) in [7, 11) is 0. The number of carbonyl (C=O) groups is 1. The number of rotatable bonds is 3. The van der Waals surface area contributed by atoms with Crippen molar-refractivity contribution < 1.29 is 22.7 Å². The van der Waals surface area contributed by atoms with Gasteiger partial charge in [-0.25, -0.2) is 9.48 Å². The van der Waals surface area contributed by atoms with E-state index in [2.05, 4.69) is 5.10 Å². The molecule has 1 atom stereocenters. The molecule has 0 aliphatic carbocycles. The first-order valence-corrected chi connectivity index (χ1v) is 8.85. The predicted octanol–water partition coefficient (Wildman–Crippen LogP) is 4.74. The molecular weight excluding hydrogens is 385 g/mol. The third kappa shape index (κ3) is 4.61. The van der Waals surface area contributed by atoms with E-state index in [1.165, 1.54) is 22.9 Å². The number of para-hydroxylation sites is 1. The van der Waals surface area contributed by atoms with Crippen LogP contribution in [0.1, 0.15) is 32.4 Å². The lowest BCUT2D eigenvalue weighted by Crippen LogP contribution is -2.41. The molecule has 3 aromatic rings. The number of alkyl halides is 3. The van der Waals surface area contributed by atoms with Gasteiger partial charge in [-0.05, 0) is 50.6 Å². The van der Waals surface area contributed by atoms with E-state index in [4.69, 9.17) is 10.5 Å². The number of benzene rings is 2. The lowest BCUT2D eigenvalue weighted by Gasteiger charge is -2.25. The van der Waals surface area contributed by atoms with Gasteiger partial charge in [-0.15, -0.1) is 0 Å². The van der Waals surface area contributed by atoms with E-state index in [0.29, 0.717) is 16.9 Å². The van der Waals surface area contributed by atoms with E-state index < -0.39 is 23.9 Å². The number of carbonyl (C=O) groups excluding carboxylic acids is 1. The van der Waals surface area contributed by atoms with Gasteiger partial charge in [0, 0.05) is 5.39 Å². The summed E-state index contributed by atoms with van der Waals surface area (Å²) < 4.78 is 47.3. The maximum atomic E-state index is 13.6. The Bertz CT molecular complexity index is 1020. The normalized spacial score (nSPS) is 13.3. The Hall–Kier alpha value is -3.23. The standard InChI is InChI=1S/C20H21F3N4O2/c1-19(2,3)29-18(28)25-16(20(21,22)23)12-9-10-14-15(11-12)26-27(17(14)24)13-7-5-4-6-8-13/h4-11,16H,24H2,1-3H3,(H,25,28). The van der Waals surface area contributed by atoms with Gasteiger partial charge < -0.3 is 15.8 Å². The molecule has 0 saturated heterocycles. The molecule has 29 heavy (non-hydrogen) atoms. The number of nitrogens with two attached hydrogens (primary N) is 1. The minimum atomic E-state index is -4.72. The summed E-state index contributed by atoms with van der Waals surface area (Å²) >= 11 is 0. The molecule has 1 amide bonds. The minimum Gasteiger partial charge on any atom is -0.444 e. The van der Waals surface area contributed by atoms with Crippen LogP contribution in [0.25, 0.3) is 16.6 Å². The summed E-state index contributed by atoms with van der Waals surface area (Å²) in [5.74, 6) is 0.307. The summed E-state index contributed by atoms with van der Waals surface area (Å²) in [6.45, 7) is 4.71. The first-order valence-electron chi connectivity index (χ1n) is 8.85. The molecule has 0 aliphatic rings. The van der Waals surface area contributed by atoms with Crippen LogP contribution >= 0.6 is 0 Å². The first-order chi connectivity index (χ1) is 13.5. The third-order valence-electron chi connectivity index (χ3n) is 4.06. The van der Waals surface area contributed by atoms with Crippen LogP contribution in [-0.2, 0) is 4.74 Å². The second-order valence-corrected chi connectivity index (χ2v) is 7.53. The number of nitrogens with one attached hydrogen (secondary N) is 1. The summed E-state index contributed by atoms with van der Waals surface area (Å²) in [4.78, 5) is 11.9. The highest BCUT2D eigenvalue weighted by Crippen LogP contribution is 2.35. The van der Waals surface area contributed by atoms with Gasteiger partial charge >= 0.3 is 12.3 Å². The summed E-state index contributed by atoms with van der Waals surface area (Å²) in [6, 6.07) is 10.8. The Morgan fingerprint density at radius 3 is 2.38 bits per heavy atom. The van der Waals surface area contributed by atoms with Gasteiger partial charge in [0.25, 0.3) is 0 Å².